The van der Waals surface area contributed by atoms with Crippen molar-refractivity contribution in [2.45, 2.75) is 25.8 Å². The number of nitrogens with zero attached hydrogens (tertiary/aromatic N) is 2. The molecule has 0 aliphatic carbocycles. The second-order valence-electron chi connectivity index (χ2n) is 7.37. The van der Waals surface area contributed by atoms with Crippen LogP contribution < -0.4 is 10.2 Å². The molecule has 1 fully saturated rings. The number of benzene rings is 2. The van der Waals surface area contributed by atoms with E-state index in [4.69, 9.17) is 0 Å². The average Bonchev–Trinajstić information content (AvgIpc) is 3.19. The lowest BCUT2D eigenvalue weighted by molar-refractivity contribution is -0.121. The highest BCUT2D eigenvalue weighted by atomic mass is 16.2. The number of aryl methyl sites for hydroxylation is 1. The molecular formula is C22H21N3O4. The molecule has 0 radical (unpaired) electrons. The van der Waals surface area contributed by atoms with Crippen LogP contribution in [-0.2, 0) is 9.59 Å². The van der Waals surface area contributed by atoms with E-state index in [1.807, 2.05) is 31.2 Å². The minimum atomic E-state index is -0.375. The lowest BCUT2D eigenvalue weighted by atomic mass is 10.1. The fourth-order valence-corrected chi connectivity index (χ4v) is 3.73. The Kier molecular flexibility index (Phi) is 4.88. The van der Waals surface area contributed by atoms with E-state index in [2.05, 4.69) is 5.32 Å². The predicted octanol–water partition coefficient (Wildman–Crippen LogP) is 1.90. The molecule has 7 nitrogen and oxygen atoms in total. The number of amides is 4. The first-order valence-corrected chi connectivity index (χ1v) is 9.55. The van der Waals surface area contributed by atoms with Gasteiger partial charge < -0.3 is 10.2 Å². The summed E-state index contributed by atoms with van der Waals surface area (Å²) in [5, 5.41) is 2.84. The Bertz CT molecular complexity index is 964. The zero-order valence-corrected chi connectivity index (χ0v) is 16.1. The number of anilines is 1. The molecular weight excluding hydrogens is 370 g/mol. The zero-order valence-electron chi connectivity index (χ0n) is 16.1. The molecule has 2 aromatic carbocycles. The molecule has 0 spiro atoms. The summed E-state index contributed by atoms with van der Waals surface area (Å²) in [6.07, 6.45) is 0.229. The van der Waals surface area contributed by atoms with Crippen molar-refractivity contribution in [3.63, 3.8) is 0 Å². The van der Waals surface area contributed by atoms with Gasteiger partial charge in [-0.15, -0.1) is 0 Å². The number of carbonyl (C=O) groups excluding carboxylic acids is 4. The van der Waals surface area contributed by atoms with E-state index in [0.29, 0.717) is 17.7 Å². The number of fused-ring (bicyclic) bond motifs is 1. The van der Waals surface area contributed by atoms with Gasteiger partial charge in [0, 0.05) is 31.6 Å². The number of hydrogen-bond acceptors (Lipinski definition) is 4. The molecule has 2 aliphatic rings. The Morgan fingerprint density at radius 2 is 1.62 bits per heavy atom. The van der Waals surface area contributed by atoms with E-state index in [0.717, 1.165) is 16.2 Å². The molecule has 2 heterocycles. The highest BCUT2D eigenvalue weighted by Gasteiger charge is 2.36. The second-order valence-corrected chi connectivity index (χ2v) is 7.37. The first-order valence-electron chi connectivity index (χ1n) is 9.55. The zero-order chi connectivity index (χ0) is 20.5. The van der Waals surface area contributed by atoms with Crippen molar-refractivity contribution in [2.75, 3.05) is 18.0 Å². The van der Waals surface area contributed by atoms with Gasteiger partial charge in [-0.3, -0.25) is 24.1 Å². The third-order valence-electron chi connectivity index (χ3n) is 5.28. The van der Waals surface area contributed by atoms with Gasteiger partial charge in [-0.2, -0.15) is 0 Å². The van der Waals surface area contributed by atoms with Crippen molar-refractivity contribution >= 4 is 29.3 Å². The first kappa shape index (κ1) is 18.9. The summed E-state index contributed by atoms with van der Waals surface area (Å²) in [6.45, 7) is 2.40. The maximum absolute atomic E-state index is 12.4. The van der Waals surface area contributed by atoms with Crippen LogP contribution in [0.3, 0.4) is 0 Å². The highest BCUT2D eigenvalue weighted by Crippen LogP contribution is 2.23. The average molecular weight is 391 g/mol. The van der Waals surface area contributed by atoms with Crippen LogP contribution in [-0.4, -0.2) is 47.7 Å². The fourth-order valence-electron chi connectivity index (χ4n) is 3.73. The summed E-state index contributed by atoms with van der Waals surface area (Å²) in [5.74, 6) is -1.08. The molecule has 1 saturated heterocycles. The van der Waals surface area contributed by atoms with Crippen LogP contribution in [0, 0.1) is 6.92 Å². The van der Waals surface area contributed by atoms with Gasteiger partial charge in [0.25, 0.3) is 11.8 Å². The topological polar surface area (TPSA) is 86.8 Å². The van der Waals surface area contributed by atoms with Gasteiger partial charge in [0.2, 0.25) is 11.8 Å². The summed E-state index contributed by atoms with van der Waals surface area (Å²) in [4.78, 5) is 52.1. The maximum atomic E-state index is 12.4. The molecule has 0 saturated carbocycles. The third kappa shape index (κ3) is 3.63. The Morgan fingerprint density at radius 3 is 2.24 bits per heavy atom. The summed E-state index contributed by atoms with van der Waals surface area (Å²) < 4.78 is 0. The maximum Gasteiger partial charge on any atom is 0.261 e. The molecule has 4 amide bonds. The van der Waals surface area contributed by atoms with Crippen LogP contribution in [0.1, 0.15) is 39.1 Å². The minimum absolute atomic E-state index is 0.000685. The van der Waals surface area contributed by atoms with E-state index in [9.17, 15) is 19.2 Å². The van der Waals surface area contributed by atoms with Crippen LogP contribution in [0.5, 0.6) is 0 Å². The minimum Gasteiger partial charge on any atom is -0.351 e. The van der Waals surface area contributed by atoms with Gasteiger partial charge in [-0.1, -0.05) is 29.8 Å². The second kappa shape index (κ2) is 7.50. The largest absolute Gasteiger partial charge is 0.351 e. The van der Waals surface area contributed by atoms with Crippen molar-refractivity contribution in [2.24, 2.45) is 0 Å². The highest BCUT2D eigenvalue weighted by molar-refractivity contribution is 6.21. The lowest BCUT2D eigenvalue weighted by Gasteiger charge is -2.18. The molecule has 0 bridgehead atoms. The molecule has 1 unspecified atom stereocenters. The van der Waals surface area contributed by atoms with Crippen molar-refractivity contribution in [1.82, 2.24) is 10.2 Å². The van der Waals surface area contributed by atoms with Crippen LogP contribution in [0.4, 0.5) is 5.69 Å². The Labute approximate surface area is 168 Å². The third-order valence-corrected chi connectivity index (χ3v) is 5.28. The molecule has 1 atom stereocenters. The number of hydrogen-bond donors (Lipinski definition) is 1. The summed E-state index contributed by atoms with van der Waals surface area (Å²) >= 11 is 0. The smallest absolute Gasteiger partial charge is 0.261 e. The summed E-state index contributed by atoms with van der Waals surface area (Å²) in [7, 11) is 0. The summed E-state index contributed by atoms with van der Waals surface area (Å²) in [5.41, 5.74) is 2.66. The van der Waals surface area contributed by atoms with Gasteiger partial charge in [0.05, 0.1) is 17.2 Å². The van der Waals surface area contributed by atoms with Crippen molar-refractivity contribution in [3.8, 4) is 0 Å². The molecule has 7 heteroatoms. The van der Waals surface area contributed by atoms with Gasteiger partial charge in [0.15, 0.2) is 0 Å². The molecule has 2 aliphatic heterocycles. The quantitative estimate of drug-likeness (QED) is 0.789. The Hall–Kier alpha value is -3.48. The van der Waals surface area contributed by atoms with Crippen molar-refractivity contribution in [1.29, 1.82) is 0 Å². The van der Waals surface area contributed by atoms with Gasteiger partial charge in [-0.05, 0) is 31.2 Å². The van der Waals surface area contributed by atoms with E-state index >= 15 is 0 Å². The number of carbonyl (C=O) groups is 4. The molecule has 1 N–H and O–H groups in total. The van der Waals surface area contributed by atoms with Crippen LogP contribution in [0.15, 0.2) is 48.5 Å². The van der Waals surface area contributed by atoms with E-state index in [1.54, 1.807) is 29.2 Å². The van der Waals surface area contributed by atoms with Crippen molar-refractivity contribution in [3.05, 3.63) is 65.2 Å². The molecule has 4 rings (SSSR count). The lowest BCUT2D eigenvalue weighted by Crippen LogP contribution is -2.40. The van der Waals surface area contributed by atoms with Gasteiger partial charge in [0.1, 0.15) is 0 Å². The SMILES string of the molecule is Cc1ccc(N2CC(NC(=O)CCN3C(=O)c4ccccc4C3=O)CC2=O)cc1. The fraction of sp³-hybridized carbons (Fsp3) is 0.273. The number of rotatable bonds is 5. The standard InChI is InChI=1S/C22H21N3O4/c1-14-6-8-16(9-7-14)25-13-15(12-20(25)27)23-19(26)10-11-24-21(28)17-4-2-3-5-18(17)22(24)29/h2-9,15H,10-13H2,1H3,(H,23,26). The summed E-state index contributed by atoms with van der Waals surface area (Å²) in [6, 6.07) is 14.0. The normalized spacial score (nSPS) is 18.4. The van der Waals surface area contributed by atoms with E-state index in [1.165, 1.54) is 0 Å². The van der Waals surface area contributed by atoms with Crippen LogP contribution in [0.2, 0.25) is 0 Å². The predicted molar refractivity (Wildman–Crippen MR) is 107 cm³/mol. The Balaban J connectivity index is 1.32. The molecule has 0 aromatic heterocycles. The number of nitrogens with one attached hydrogen (secondary N) is 1. The molecule has 148 valence electrons. The van der Waals surface area contributed by atoms with Gasteiger partial charge >= 0.3 is 0 Å². The molecule has 29 heavy (non-hydrogen) atoms. The number of imide groups is 1. The van der Waals surface area contributed by atoms with Gasteiger partial charge in [-0.25, -0.2) is 0 Å². The first-order chi connectivity index (χ1) is 13.9. The van der Waals surface area contributed by atoms with Crippen molar-refractivity contribution < 1.29 is 19.2 Å². The monoisotopic (exact) mass is 391 g/mol. The van der Waals surface area contributed by atoms with E-state index in [-0.39, 0.29) is 49.1 Å². The molecule has 2 aromatic rings. The van der Waals surface area contributed by atoms with Crippen LogP contribution >= 0.6 is 0 Å². The van der Waals surface area contributed by atoms with E-state index < -0.39 is 0 Å². The Morgan fingerprint density at radius 1 is 1.00 bits per heavy atom. The van der Waals surface area contributed by atoms with Crippen LogP contribution in [0.25, 0.3) is 0 Å².